The molecule has 3 rings (SSSR count). The van der Waals surface area contributed by atoms with Crippen molar-refractivity contribution >= 4 is 29.4 Å². The van der Waals surface area contributed by atoms with Gasteiger partial charge >= 0.3 is 0 Å². The van der Waals surface area contributed by atoms with Crippen LogP contribution in [0.25, 0.3) is 0 Å². The van der Waals surface area contributed by atoms with E-state index in [9.17, 15) is 9.59 Å². The zero-order valence-corrected chi connectivity index (χ0v) is 24.3. The van der Waals surface area contributed by atoms with Gasteiger partial charge in [0.1, 0.15) is 6.04 Å². The first-order chi connectivity index (χ1) is 19.8. The van der Waals surface area contributed by atoms with Gasteiger partial charge in [0.05, 0.1) is 34.9 Å². The molecule has 0 bridgehead atoms. The average molecular weight is 583 g/mol. The molecule has 3 aromatic rings. The summed E-state index contributed by atoms with van der Waals surface area (Å²) in [5.74, 6) is 1.41. The molecule has 0 spiro atoms. The van der Waals surface area contributed by atoms with E-state index >= 15 is 0 Å². The lowest BCUT2D eigenvalue weighted by Gasteiger charge is -2.15. The van der Waals surface area contributed by atoms with Gasteiger partial charge in [-0.2, -0.15) is 0 Å². The Bertz CT molecular complexity index is 1360. The summed E-state index contributed by atoms with van der Waals surface area (Å²) in [4.78, 5) is 30.2. The summed E-state index contributed by atoms with van der Waals surface area (Å²) >= 11 is 6.02. The first kappa shape index (κ1) is 31.1. The van der Waals surface area contributed by atoms with Crippen LogP contribution in [-0.2, 0) is 28.9 Å². The number of nitrogens with two attached hydrogens (primary N) is 1. The van der Waals surface area contributed by atoms with Gasteiger partial charge in [-0.15, -0.1) is 0 Å². The monoisotopic (exact) mass is 582 g/mol. The highest BCUT2D eigenvalue weighted by atomic mass is 35.5. The fourth-order valence-electron chi connectivity index (χ4n) is 4.09. The largest absolute Gasteiger partial charge is 0.493 e. The summed E-state index contributed by atoms with van der Waals surface area (Å²) in [6.07, 6.45) is 0.836. The molecule has 0 saturated heterocycles. The summed E-state index contributed by atoms with van der Waals surface area (Å²) in [6, 6.07) is 17.0. The number of halogens is 1. The molecule has 218 valence electrons. The predicted molar refractivity (Wildman–Crippen MR) is 158 cm³/mol. The Labute approximate surface area is 244 Å². The Morgan fingerprint density at radius 1 is 0.805 bits per heavy atom. The maximum atomic E-state index is 13.2. The highest BCUT2D eigenvalue weighted by molar-refractivity contribution is 6.30. The average Bonchev–Trinajstić information content (AvgIpc) is 2.97. The zero-order chi connectivity index (χ0) is 29.8. The molecule has 11 heteroatoms. The second-order valence-corrected chi connectivity index (χ2v) is 9.44. The van der Waals surface area contributed by atoms with Crippen LogP contribution in [-0.4, -0.2) is 58.8 Å². The second-order valence-electron chi connectivity index (χ2n) is 9.01. The van der Waals surface area contributed by atoms with Gasteiger partial charge < -0.3 is 30.0 Å². The molecule has 0 aliphatic carbocycles. The second kappa shape index (κ2) is 15.4. The molecule has 41 heavy (non-hydrogen) atoms. The van der Waals surface area contributed by atoms with Crippen LogP contribution in [0.1, 0.15) is 16.7 Å². The first-order valence-electron chi connectivity index (χ1n) is 12.8. The van der Waals surface area contributed by atoms with Gasteiger partial charge in [-0.25, -0.2) is 4.99 Å². The van der Waals surface area contributed by atoms with Crippen LogP contribution in [0.5, 0.6) is 23.0 Å². The minimum absolute atomic E-state index is 0.0238. The van der Waals surface area contributed by atoms with Gasteiger partial charge in [-0.05, 0) is 59.5 Å². The number of methoxy groups -OCH3 is 4. The van der Waals surface area contributed by atoms with Crippen molar-refractivity contribution in [2.75, 3.05) is 35.0 Å². The van der Waals surface area contributed by atoms with Crippen molar-refractivity contribution < 1.29 is 28.5 Å². The zero-order valence-electron chi connectivity index (χ0n) is 23.5. The third kappa shape index (κ3) is 9.32. The number of amides is 2. The fourth-order valence-corrected chi connectivity index (χ4v) is 4.21. The summed E-state index contributed by atoms with van der Waals surface area (Å²) in [5.41, 5.74) is 8.56. The van der Waals surface area contributed by atoms with Gasteiger partial charge in [0.25, 0.3) is 0 Å². The van der Waals surface area contributed by atoms with Crippen molar-refractivity contribution in [2.24, 2.45) is 10.7 Å². The number of aliphatic imine (C=N–C) groups is 1. The van der Waals surface area contributed by atoms with Gasteiger partial charge in [0, 0.05) is 18.0 Å². The van der Waals surface area contributed by atoms with Crippen LogP contribution in [0.15, 0.2) is 65.7 Å². The summed E-state index contributed by atoms with van der Waals surface area (Å²) < 4.78 is 21.2. The lowest BCUT2D eigenvalue weighted by Crippen LogP contribution is -2.42. The maximum Gasteiger partial charge on any atom is 0.245 e. The van der Waals surface area contributed by atoms with Crippen LogP contribution >= 0.6 is 11.6 Å². The molecule has 10 nitrogen and oxygen atoms in total. The molecular formula is C30H35ClN4O6. The van der Waals surface area contributed by atoms with E-state index in [-0.39, 0.29) is 24.7 Å². The molecular weight excluding hydrogens is 548 g/mol. The smallest absolute Gasteiger partial charge is 0.245 e. The van der Waals surface area contributed by atoms with Crippen LogP contribution in [0.4, 0.5) is 0 Å². The molecule has 2 amide bonds. The summed E-state index contributed by atoms with van der Waals surface area (Å²) in [5, 5.41) is 6.06. The number of nitrogens with zero attached hydrogens (tertiary/aromatic N) is 1. The number of hydrogen-bond donors (Lipinski definition) is 3. The van der Waals surface area contributed by atoms with Crippen molar-refractivity contribution in [2.45, 2.75) is 25.3 Å². The summed E-state index contributed by atoms with van der Waals surface area (Å²) in [7, 11) is 6.20. The molecule has 0 aliphatic rings. The van der Waals surface area contributed by atoms with Crippen molar-refractivity contribution in [3.05, 3.63) is 82.4 Å². The van der Waals surface area contributed by atoms with E-state index in [1.54, 1.807) is 44.6 Å². The molecule has 4 N–H and O–H groups in total. The number of rotatable bonds is 13. The molecule has 0 aliphatic heterocycles. The Morgan fingerprint density at radius 2 is 1.34 bits per heavy atom. The maximum absolute atomic E-state index is 13.2. The Morgan fingerprint density at radius 3 is 1.93 bits per heavy atom. The van der Waals surface area contributed by atoms with Crippen LogP contribution in [0.2, 0.25) is 5.02 Å². The predicted octanol–water partition coefficient (Wildman–Crippen LogP) is 3.32. The van der Waals surface area contributed by atoms with E-state index in [0.29, 0.717) is 46.5 Å². The molecule has 1 unspecified atom stereocenters. The SMILES string of the molecule is COc1ccc(CCNC(=O)C(Cc2ccc(Cl)cc2)N=C(N)NC(=O)Cc2ccc(OC)c(OC)c2)cc1OC. The lowest BCUT2D eigenvalue weighted by atomic mass is 10.1. The molecule has 0 heterocycles. The third-order valence-electron chi connectivity index (χ3n) is 6.18. The Balaban J connectivity index is 1.68. The normalized spacial score (nSPS) is 11.8. The minimum Gasteiger partial charge on any atom is -0.493 e. The van der Waals surface area contributed by atoms with E-state index < -0.39 is 11.9 Å². The molecule has 0 aromatic heterocycles. The van der Waals surface area contributed by atoms with Crippen molar-refractivity contribution in [1.82, 2.24) is 10.6 Å². The van der Waals surface area contributed by atoms with Gasteiger partial charge in [-0.3, -0.25) is 14.9 Å². The number of carbonyl (C=O) groups excluding carboxylic acids is 2. The van der Waals surface area contributed by atoms with Crippen molar-refractivity contribution in [1.29, 1.82) is 0 Å². The van der Waals surface area contributed by atoms with E-state index in [4.69, 9.17) is 36.3 Å². The van der Waals surface area contributed by atoms with E-state index in [1.807, 2.05) is 30.3 Å². The Hall–Kier alpha value is -4.44. The quantitative estimate of drug-likeness (QED) is 0.208. The number of nitrogens with one attached hydrogen (secondary N) is 2. The first-order valence-corrected chi connectivity index (χ1v) is 13.2. The molecule has 0 saturated carbocycles. The van der Waals surface area contributed by atoms with Crippen molar-refractivity contribution in [3.8, 4) is 23.0 Å². The number of ether oxygens (including phenoxy) is 4. The topological polar surface area (TPSA) is 134 Å². The highest BCUT2D eigenvalue weighted by Gasteiger charge is 2.20. The number of carbonyl (C=O) groups is 2. The highest BCUT2D eigenvalue weighted by Crippen LogP contribution is 2.28. The number of guanidine groups is 1. The van der Waals surface area contributed by atoms with Crippen LogP contribution in [0, 0.1) is 0 Å². The standard InChI is InChI=1S/C30H35ClN4O6/c1-38-24-11-7-20(16-26(24)40-3)13-14-33-29(37)23(15-19-5-9-22(31)10-6-19)34-30(32)35-28(36)18-21-8-12-25(39-2)27(17-21)41-4/h5-12,16-17,23H,13-15,18H2,1-4H3,(H,33,37)(H3,32,34,35,36). The lowest BCUT2D eigenvalue weighted by molar-refractivity contribution is -0.122. The number of hydrogen-bond acceptors (Lipinski definition) is 7. The van der Waals surface area contributed by atoms with E-state index in [0.717, 1.165) is 11.1 Å². The molecule has 0 radical (unpaired) electrons. The minimum atomic E-state index is -0.886. The number of benzene rings is 3. The summed E-state index contributed by atoms with van der Waals surface area (Å²) in [6.45, 7) is 0.354. The molecule has 1 atom stereocenters. The molecule has 0 fully saturated rings. The van der Waals surface area contributed by atoms with Crippen molar-refractivity contribution in [3.63, 3.8) is 0 Å². The molecule has 3 aromatic carbocycles. The van der Waals surface area contributed by atoms with Gasteiger partial charge in [0.15, 0.2) is 29.0 Å². The van der Waals surface area contributed by atoms with Crippen LogP contribution < -0.4 is 35.3 Å². The van der Waals surface area contributed by atoms with Crippen LogP contribution in [0.3, 0.4) is 0 Å². The van der Waals surface area contributed by atoms with E-state index in [1.165, 1.54) is 14.2 Å². The fraction of sp³-hybridized carbons (Fsp3) is 0.300. The third-order valence-corrected chi connectivity index (χ3v) is 6.43. The van der Waals surface area contributed by atoms with E-state index in [2.05, 4.69) is 15.6 Å². The van der Waals surface area contributed by atoms with Gasteiger partial charge in [0.2, 0.25) is 11.8 Å². The Kier molecular flexibility index (Phi) is 11.7. The van der Waals surface area contributed by atoms with Gasteiger partial charge in [-0.1, -0.05) is 35.9 Å².